The van der Waals surface area contributed by atoms with Crippen LogP contribution in [-0.2, 0) is 4.74 Å². The molecule has 0 saturated heterocycles. The summed E-state index contributed by atoms with van der Waals surface area (Å²) in [7, 11) is 1.44. The Morgan fingerprint density at radius 1 is 1.43 bits per heavy atom. The maximum absolute atomic E-state index is 11.5. The van der Waals surface area contributed by atoms with Crippen LogP contribution in [0.4, 0.5) is 0 Å². The molecule has 1 atom stereocenters. The highest BCUT2D eigenvalue weighted by Crippen LogP contribution is 2.01. The van der Waals surface area contributed by atoms with Crippen LogP contribution >= 0.6 is 0 Å². The van der Waals surface area contributed by atoms with Crippen LogP contribution < -0.4 is 11.1 Å². The van der Waals surface area contributed by atoms with Gasteiger partial charge in [-0.25, -0.2) is 0 Å². The molecule has 0 fully saturated rings. The highest BCUT2D eigenvalue weighted by Gasteiger charge is 2.20. The zero-order chi connectivity index (χ0) is 10.6. The molecule has 1 unspecified atom stereocenters. The van der Waals surface area contributed by atoms with Crippen LogP contribution in [0.1, 0.15) is 17.3 Å². The Bertz CT molecular complexity index is 309. The van der Waals surface area contributed by atoms with Crippen LogP contribution in [0.5, 0.6) is 0 Å². The van der Waals surface area contributed by atoms with Gasteiger partial charge in [0.2, 0.25) is 0 Å². The van der Waals surface area contributed by atoms with Gasteiger partial charge in [0.1, 0.15) is 0 Å². The molecule has 1 rings (SSSR count). The van der Waals surface area contributed by atoms with Gasteiger partial charge in [0.25, 0.3) is 5.91 Å². The standard InChI is InChI=1S/C10H14N2O2/c1-10(11,14-2)12-9(13)8-6-4-3-5-7-8/h3-7H,11H2,1-2H3,(H,12,13). The quantitative estimate of drug-likeness (QED) is 0.696. The molecule has 4 nitrogen and oxygen atoms in total. The zero-order valence-corrected chi connectivity index (χ0v) is 8.28. The van der Waals surface area contributed by atoms with E-state index >= 15 is 0 Å². The molecular formula is C10H14N2O2. The summed E-state index contributed by atoms with van der Waals surface area (Å²) in [4.78, 5) is 11.5. The van der Waals surface area contributed by atoms with E-state index in [1.807, 2.05) is 6.07 Å². The Morgan fingerprint density at radius 2 is 2.00 bits per heavy atom. The van der Waals surface area contributed by atoms with Crippen molar-refractivity contribution in [2.45, 2.75) is 12.8 Å². The lowest BCUT2D eigenvalue weighted by Crippen LogP contribution is -2.54. The van der Waals surface area contributed by atoms with Crippen LogP contribution in [0.15, 0.2) is 30.3 Å². The summed E-state index contributed by atoms with van der Waals surface area (Å²) in [6, 6.07) is 8.84. The summed E-state index contributed by atoms with van der Waals surface area (Å²) in [5.74, 6) is -1.38. The maximum Gasteiger partial charge on any atom is 0.254 e. The number of benzene rings is 1. The van der Waals surface area contributed by atoms with Gasteiger partial charge in [-0.3, -0.25) is 10.5 Å². The summed E-state index contributed by atoms with van der Waals surface area (Å²) >= 11 is 0. The third-order valence-corrected chi connectivity index (χ3v) is 1.82. The second-order valence-electron chi connectivity index (χ2n) is 3.13. The second-order valence-corrected chi connectivity index (χ2v) is 3.13. The number of nitrogens with two attached hydrogens (primary N) is 1. The van der Waals surface area contributed by atoms with E-state index < -0.39 is 5.85 Å². The Hall–Kier alpha value is -1.39. The van der Waals surface area contributed by atoms with Crippen LogP contribution in [0, 0.1) is 0 Å². The molecule has 0 aliphatic heterocycles. The van der Waals surface area contributed by atoms with E-state index in [4.69, 9.17) is 10.5 Å². The van der Waals surface area contributed by atoms with Crippen LogP contribution in [0.25, 0.3) is 0 Å². The molecular weight excluding hydrogens is 180 g/mol. The van der Waals surface area contributed by atoms with E-state index in [1.165, 1.54) is 7.11 Å². The number of hydrogen-bond acceptors (Lipinski definition) is 3. The number of hydrogen-bond donors (Lipinski definition) is 2. The van der Waals surface area contributed by atoms with Crippen LogP contribution in [0.2, 0.25) is 0 Å². The molecule has 0 heterocycles. The van der Waals surface area contributed by atoms with Crippen molar-refractivity contribution in [3.8, 4) is 0 Å². The average molecular weight is 194 g/mol. The van der Waals surface area contributed by atoms with Gasteiger partial charge in [-0.05, 0) is 19.1 Å². The van der Waals surface area contributed by atoms with Gasteiger partial charge >= 0.3 is 0 Å². The van der Waals surface area contributed by atoms with Crippen molar-refractivity contribution in [3.63, 3.8) is 0 Å². The molecule has 1 aromatic rings. The number of methoxy groups -OCH3 is 1. The van der Waals surface area contributed by atoms with Gasteiger partial charge in [-0.15, -0.1) is 0 Å². The lowest BCUT2D eigenvalue weighted by molar-refractivity contribution is -0.0133. The molecule has 0 aliphatic rings. The number of amides is 1. The molecule has 14 heavy (non-hydrogen) atoms. The molecule has 0 aromatic heterocycles. The van der Waals surface area contributed by atoms with Gasteiger partial charge in [0, 0.05) is 12.7 Å². The van der Waals surface area contributed by atoms with Crippen molar-refractivity contribution in [2.75, 3.05) is 7.11 Å². The second kappa shape index (κ2) is 4.21. The monoisotopic (exact) mass is 194 g/mol. The predicted molar refractivity (Wildman–Crippen MR) is 53.5 cm³/mol. The van der Waals surface area contributed by atoms with E-state index in [0.29, 0.717) is 5.56 Å². The minimum atomic E-state index is -1.13. The topological polar surface area (TPSA) is 64.3 Å². The van der Waals surface area contributed by atoms with Crippen molar-refractivity contribution in [3.05, 3.63) is 35.9 Å². The number of ether oxygens (including phenoxy) is 1. The van der Waals surface area contributed by atoms with E-state index in [9.17, 15) is 4.79 Å². The molecule has 3 N–H and O–H groups in total. The van der Waals surface area contributed by atoms with E-state index in [1.54, 1.807) is 31.2 Å². The fourth-order valence-corrected chi connectivity index (χ4v) is 0.938. The third-order valence-electron chi connectivity index (χ3n) is 1.82. The molecule has 0 bridgehead atoms. The molecule has 0 saturated carbocycles. The molecule has 1 amide bonds. The van der Waals surface area contributed by atoms with Crippen molar-refractivity contribution < 1.29 is 9.53 Å². The van der Waals surface area contributed by atoms with Crippen molar-refractivity contribution in [1.82, 2.24) is 5.32 Å². The maximum atomic E-state index is 11.5. The van der Waals surface area contributed by atoms with E-state index in [-0.39, 0.29) is 5.91 Å². The summed E-state index contributed by atoms with van der Waals surface area (Å²) in [6.07, 6.45) is 0. The highest BCUT2D eigenvalue weighted by atomic mass is 16.5. The van der Waals surface area contributed by atoms with Crippen LogP contribution in [-0.4, -0.2) is 18.9 Å². The number of nitrogens with one attached hydrogen (secondary N) is 1. The first-order valence-electron chi connectivity index (χ1n) is 4.27. The van der Waals surface area contributed by atoms with E-state index in [2.05, 4.69) is 5.32 Å². The summed E-state index contributed by atoms with van der Waals surface area (Å²) in [6.45, 7) is 1.58. The minimum absolute atomic E-state index is 0.252. The fourth-order valence-electron chi connectivity index (χ4n) is 0.938. The largest absolute Gasteiger partial charge is 0.346 e. The molecule has 0 aliphatic carbocycles. The lowest BCUT2D eigenvalue weighted by Gasteiger charge is -2.23. The zero-order valence-electron chi connectivity index (χ0n) is 8.28. The van der Waals surface area contributed by atoms with Crippen molar-refractivity contribution in [1.29, 1.82) is 0 Å². The van der Waals surface area contributed by atoms with Gasteiger partial charge in [-0.2, -0.15) is 0 Å². The summed E-state index contributed by atoms with van der Waals surface area (Å²) < 4.78 is 4.88. The number of carbonyl (C=O) groups excluding carboxylic acids is 1. The number of carbonyl (C=O) groups is 1. The lowest BCUT2D eigenvalue weighted by atomic mass is 10.2. The fraction of sp³-hybridized carbons (Fsp3) is 0.300. The summed E-state index contributed by atoms with van der Waals surface area (Å²) in [5.41, 5.74) is 6.16. The van der Waals surface area contributed by atoms with Crippen molar-refractivity contribution >= 4 is 5.91 Å². The van der Waals surface area contributed by atoms with E-state index in [0.717, 1.165) is 0 Å². The normalized spacial score (nSPS) is 14.5. The first kappa shape index (κ1) is 10.7. The third kappa shape index (κ3) is 2.83. The highest BCUT2D eigenvalue weighted by molar-refractivity contribution is 5.94. The van der Waals surface area contributed by atoms with Gasteiger partial charge < -0.3 is 10.1 Å². The first-order valence-corrected chi connectivity index (χ1v) is 4.27. The summed E-state index contributed by atoms with van der Waals surface area (Å²) in [5, 5.41) is 2.54. The molecule has 1 aromatic carbocycles. The van der Waals surface area contributed by atoms with Gasteiger partial charge in [0.05, 0.1) is 0 Å². The molecule has 0 radical (unpaired) electrons. The van der Waals surface area contributed by atoms with Gasteiger partial charge in [0.15, 0.2) is 5.85 Å². The smallest absolute Gasteiger partial charge is 0.254 e. The van der Waals surface area contributed by atoms with Crippen molar-refractivity contribution in [2.24, 2.45) is 5.73 Å². The Balaban J connectivity index is 2.69. The minimum Gasteiger partial charge on any atom is -0.346 e. The SMILES string of the molecule is COC(C)(N)NC(=O)c1ccccc1. The Morgan fingerprint density at radius 3 is 2.50 bits per heavy atom. The predicted octanol–water partition coefficient (Wildman–Crippen LogP) is 0.695. The molecule has 0 spiro atoms. The first-order chi connectivity index (χ1) is 6.55. The molecule has 76 valence electrons. The average Bonchev–Trinajstić information content (AvgIpc) is 2.19. The van der Waals surface area contributed by atoms with Crippen LogP contribution in [0.3, 0.4) is 0 Å². The van der Waals surface area contributed by atoms with Gasteiger partial charge in [-0.1, -0.05) is 18.2 Å². The Kier molecular flexibility index (Phi) is 3.22. The number of rotatable bonds is 3. The molecule has 4 heteroatoms. The Labute approximate surface area is 83.1 Å².